The molecular weight excluding hydrogens is 428 g/mol. The van der Waals surface area contributed by atoms with E-state index in [1.807, 2.05) is 53.6 Å². The second-order valence-corrected chi connectivity index (χ2v) is 10.00. The van der Waals surface area contributed by atoms with E-state index in [4.69, 9.17) is 4.98 Å². The number of carbonyl (C=O) groups excluding carboxylic acids is 1. The lowest BCUT2D eigenvalue weighted by Gasteiger charge is -2.40. The molecule has 0 saturated carbocycles. The topological polar surface area (TPSA) is 49.3 Å². The summed E-state index contributed by atoms with van der Waals surface area (Å²) in [7, 11) is 0. The molecule has 6 heteroatoms. The van der Waals surface area contributed by atoms with E-state index in [1.54, 1.807) is 17.5 Å². The van der Waals surface area contributed by atoms with Gasteiger partial charge in [-0.1, -0.05) is 48.5 Å². The highest BCUT2D eigenvalue weighted by Crippen LogP contribution is 2.34. The molecule has 0 radical (unpaired) electrons. The number of rotatable bonds is 6. The number of fused-ring (bicyclic) bond motifs is 1. The Kier molecular flexibility index (Phi) is 6.20. The van der Waals surface area contributed by atoms with Gasteiger partial charge in [-0.3, -0.25) is 14.7 Å². The summed E-state index contributed by atoms with van der Waals surface area (Å²) in [5.41, 5.74) is 2.61. The normalized spacial score (nSPS) is 16.6. The molecule has 4 aromatic rings. The monoisotopic (exact) mass is 456 g/mol. The molecule has 5 rings (SSSR count). The zero-order valence-electron chi connectivity index (χ0n) is 18.9. The maximum Gasteiger partial charge on any atom is 0.233 e. The fourth-order valence-corrected chi connectivity index (χ4v) is 5.74. The summed E-state index contributed by atoms with van der Waals surface area (Å²) in [6.07, 6.45) is 4.32. The highest BCUT2D eigenvalue weighted by Gasteiger charge is 2.40. The lowest BCUT2D eigenvalue weighted by atomic mass is 9.78. The number of piperazine rings is 1. The van der Waals surface area contributed by atoms with E-state index in [9.17, 15) is 4.79 Å². The number of hydrogen-bond donors (Lipinski definition) is 0. The number of pyridine rings is 1. The SMILES string of the molecule is CC(Cc1nc2ccccc2s1)(C(=O)N1CCN(Cc2cccnc2)CC1)c1ccccc1. The van der Waals surface area contributed by atoms with Gasteiger partial charge in [0.05, 0.1) is 20.6 Å². The third-order valence-corrected chi connectivity index (χ3v) is 7.55. The Bertz CT molecular complexity index is 1190. The molecule has 168 valence electrons. The van der Waals surface area contributed by atoms with E-state index in [0.29, 0.717) is 6.42 Å². The van der Waals surface area contributed by atoms with Crippen LogP contribution in [0, 0.1) is 0 Å². The van der Waals surface area contributed by atoms with Gasteiger partial charge in [0.1, 0.15) is 0 Å². The number of thiazole rings is 1. The summed E-state index contributed by atoms with van der Waals surface area (Å²) in [5, 5.41) is 1.01. The molecule has 33 heavy (non-hydrogen) atoms. The van der Waals surface area contributed by atoms with E-state index >= 15 is 0 Å². The van der Waals surface area contributed by atoms with Gasteiger partial charge in [0.25, 0.3) is 0 Å². The van der Waals surface area contributed by atoms with Crippen LogP contribution in [0.3, 0.4) is 0 Å². The average molecular weight is 457 g/mol. The van der Waals surface area contributed by atoms with Gasteiger partial charge in [-0.05, 0) is 36.2 Å². The molecule has 1 aliphatic heterocycles. The first-order valence-electron chi connectivity index (χ1n) is 11.4. The summed E-state index contributed by atoms with van der Waals surface area (Å²) in [4.78, 5) is 27.5. The first kappa shape index (κ1) is 21.7. The first-order valence-corrected chi connectivity index (χ1v) is 12.2. The minimum Gasteiger partial charge on any atom is -0.339 e. The summed E-state index contributed by atoms with van der Waals surface area (Å²) >= 11 is 1.69. The van der Waals surface area contributed by atoms with Crippen molar-refractivity contribution in [3.8, 4) is 0 Å². The molecular formula is C27H28N4OS. The fraction of sp³-hybridized carbons (Fsp3) is 0.296. The van der Waals surface area contributed by atoms with E-state index in [2.05, 4.69) is 41.1 Å². The molecule has 1 amide bonds. The van der Waals surface area contributed by atoms with Crippen LogP contribution in [0.4, 0.5) is 0 Å². The fourth-order valence-electron chi connectivity index (χ4n) is 4.61. The first-order chi connectivity index (χ1) is 16.1. The van der Waals surface area contributed by atoms with E-state index in [0.717, 1.165) is 48.8 Å². The standard InChI is InChI=1S/C27H28N4OS/c1-27(22-9-3-2-4-10-22,18-25-29-23-11-5-6-12-24(23)33-25)26(32)31-16-14-30(15-17-31)20-21-8-7-13-28-19-21/h2-13,19H,14-18,20H2,1H3. The van der Waals surface area contributed by atoms with Crippen molar-refractivity contribution < 1.29 is 4.79 Å². The van der Waals surface area contributed by atoms with Crippen LogP contribution >= 0.6 is 11.3 Å². The van der Waals surface area contributed by atoms with Crippen molar-refractivity contribution >= 4 is 27.5 Å². The molecule has 1 atom stereocenters. The van der Waals surface area contributed by atoms with Crippen molar-refractivity contribution in [2.75, 3.05) is 26.2 Å². The molecule has 1 aliphatic rings. The van der Waals surface area contributed by atoms with Gasteiger partial charge in [0.2, 0.25) is 5.91 Å². The summed E-state index contributed by atoms with van der Waals surface area (Å²) < 4.78 is 1.17. The number of para-hydroxylation sites is 1. The van der Waals surface area contributed by atoms with Crippen molar-refractivity contribution in [1.82, 2.24) is 19.8 Å². The Morgan fingerprint density at radius 3 is 2.45 bits per heavy atom. The van der Waals surface area contributed by atoms with Crippen molar-refractivity contribution in [2.24, 2.45) is 0 Å². The second kappa shape index (κ2) is 9.41. The number of aromatic nitrogens is 2. The van der Waals surface area contributed by atoms with Gasteiger partial charge >= 0.3 is 0 Å². The van der Waals surface area contributed by atoms with Crippen molar-refractivity contribution in [1.29, 1.82) is 0 Å². The van der Waals surface area contributed by atoms with Crippen LogP contribution in [0.25, 0.3) is 10.2 Å². The second-order valence-electron chi connectivity index (χ2n) is 8.88. The quantitative estimate of drug-likeness (QED) is 0.428. The molecule has 1 unspecified atom stereocenters. The minimum absolute atomic E-state index is 0.189. The number of benzene rings is 2. The maximum absolute atomic E-state index is 14.0. The van der Waals surface area contributed by atoms with Crippen molar-refractivity contribution in [3.63, 3.8) is 0 Å². The summed E-state index contributed by atoms with van der Waals surface area (Å²) in [5.74, 6) is 0.189. The highest BCUT2D eigenvalue weighted by atomic mass is 32.1. The van der Waals surface area contributed by atoms with E-state index < -0.39 is 5.41 Å². The molecule has 5 nitrogen and oxygen atoms in total. The molecule has 0 spiro atoms. The Balaban J connectivity index is 1.35. The average Bonchev–Trinajstić information content (AvgIpc) is 3.27. The molecule has 0 bridgehead atoms. The van der Waals surface area contributed by atoms with Gasteiger partial charge in [0.15, 0.2) is 0 Å². The molecule has 1 saturated heterocycles. The Labute approximate surface area is 198 Å². The molecule has 1 fully saturated rings. The largest absolute Gasteiger partial charge is 0.339 e. The Hall–Kier alpha value is -3.09. The van der Waals surface area contributed by atoms with Crippen molar-refractivity contribution in [2.45, 2.75) is 25.3 Å². The molecule has 2 aromatic heterocycles. The number of carbonyl (C=O) groups is 1. The van der Waals surface area contributed by atoms with Crippen LogP contribution in [-0.2, 0) is 23.2 Å². The van der Waals surface area contributed by atoms with Gasteiger partial charge in [-0.2, -0.15) is 0 Å². The van der Waals surface area contributed by atoms with Gasteiger partial charge in [0, 0.05) is 51.5 Å². The van der Waals surface area contributed by atoms with Crippen molar-refractivity contribution in [3.05, 3.63) is 95.3 Å². The van der Waals surface area contributed by atoms with E-state index in [1.165, 1.54) is 10.3 Å². The molecule has 0 aliphatic carbocycles. The molecule has 2 aromatic carbocycles. The van der Waals surface area contributed by atoms with Crippen LogP contribution in [0.1, 0.15) is 23.1 Å². The third kappa shape index (κ3) is 4.68. The van der Waals surface area contributed by atoms with Crippen LogP contribution < -0.4 is 0 Å². The maximum atomic E-state index is 14.0. The molecule has 0 N–H and O–H groups in total. The van der Waals surface area contributed by atoms with Crippen LogP contribution in [0.2, 0.25) is 0 Å². The number of hydrogen-bond acceptors (Lipinski definition) is 5. The Morgan fingerprint density at radius 1 is 0.970 bits per heavy atom. The van der Waals surface area contributed by atoms with Crippen LogP contribution in [-0.4, -0.2) is 51.9 Å². The minimum atomic E-state index is -0.652. The zero-order valence-corrected chi connectivity index (χ0v) is 19.7. The van der Waals surface area contributed by atoms with Gasteiger partial charge in [-0.25, -0.2) is 4.98 Å². The lowest BCUT2D eigenvalue weighted by molar-refractivity contribution is -0.138. The highest BCUT2D eigenvalue weighted by molar-refractivity contribution is 7.18. The summed E-state index contributed by atoms with van der Waals surface area (Å²) in [6.45, 7) is 6.16. The smallest absolute Gasteiger partial charge is 0.233 e. The summed E-state index contributed by atoms with van der Waals surface area (Å²) in [6, 6.07) is 22.5. The van der Waals surface area contributed by atoms with E-state index in [-0.39, 0.29) is 5.91 Å². The third-order valence-electron chi connectivity index (χ3n) is 6.51. The number of amides is 1. The Morgan fingerprint density at radius 2 is 1.73 bits per heavy atom. The van der Waals surface area contributed by atoms with Gasteiger partial charge < -0.3 is 4.90 Å². The van der Waals surface area contributed by atoms with Crippen LogP contribution in [0.5, 0.6) is 0 Å². The number of nitrogens with zero attached hydrogens (tertiary/aromatic N) is 4. The predicted octanol–water partition coefficient (Wildman–Crippen LogP) is 4.54. The zero-order chi connectivity index (χ0) is 22.7. The molecule has 3 heterocycles. The predicted molar refractivity (Wildman–Crippen MR) is 133 cm³/mol. The lowest BCUT2D eigenvalue weighted by Crippen LogP contribution is -2.54. The van der Waals surface area contributed by atoms with Gasteiger partial charge in [-0.15, -0.1) is 11.3 Å². The van der Waals surface area contributed by atoms with Crippen LogP contribution in [0.15, 0.2) is 79.1 Å².